The molecule has 2 N–H and O–H groups in total. The van der Waals surface area contributed by atoms with Crippen LogP contribution in [0.4, 0.5) is 0 Å². The Morgan fingerprint density at radius 1 is 1.30 bits per heavy atom. The Morgan fingerprint density at radius 3 is 2.50 bits per heavy atom. The van der Waals surface area contributed by atoms with Gasteiger partial charge in [0.25, 0.3) is 0 Å². The second kappa shape index (κ2) is 6.46. The van der Waals surface area contributed by atoms with E-state index >= 15 is 0 Å². The lowest BCUT2D eigenvalue weighted by atomic mass is 9.75. The van der Waals surface area contributed by atoms with Crippen LogP contribution in [0.1, 0.15) is 65.7 Å². The summed E-state index contributed by atoms with van der Waals surface area (Å²) in [7, 11) is 0. The predicted octanol–water partition coefficient (Wildman–Crippen LogP) is 3.51. The number of esters is 1. The predicted molar refractivity (Wildman–Crippen MR) is 81.2 cm³/mol. The molecule has 2 aliphatic rings. The van der Waals surface area contributed by atoms with E-state index in [-0.39, 0.29) is 17.5 Å². The van der Waals surface area contributed by atoms with Crippen molar-refractivity contribution in [2.75, 3.05) is 6.54 Å². The van der Waals surface area contributed by atoms with Crippen LogP contribution < -0.4 is 5.73 Å². The van der Waals surface area contributed by atoms with E-state index in [2.05, 4.69) is 20.8 Å². The first-order valence-corrected chi connectivity index (χ1v) is 8.39. The van der Waals surface area contributed by atoms with Gasteiger partial charge in [-0.25, -0.2) is 0 Å². The number of ether oxygens (including phenoxy) is 1. The minimum atomic E-state index is -0.373. The standard InChI is InChI=1S/C17H31NO2/c1-12(2)14-7-6-13(3)10-15(14)20-16(19)17(11-18)8-4-5-9-17/h12-15H,4-11,18H2,1-3H3. The number of rotatable bonds is 4. The average molecular weight is 281 g/mol. The van der Waals surface area contributed by atoms with Gasteiger partial charge >= 0.3 is 5.97 Å². The first-order chi connectivity index (χ1) is 9.48. The fourth-order valence-electron chi connectivity index (χ4n) is 4.06. The maximum Gasteiger partial charge on any atom is 0.313 e. The molecule has 0 aromatic heterocycles. The van der Waals surface area contributed by atoms with Crippen LogP contribution in [0.15, 0.2) is 0 Å². The molecule has 0 aliphatic heterocycles. The van der Waals surface area contributed by atoms with Crippen molar-refractivity contribution in [3.05, 3.63) is 0 Å². The fraction of sp³-hybridized carbons (Fsp3) is 0.941. The zero-order valence-electron chi connectivity index (χ0n) is 13.4. The van der Waals surface area contributed by atoms with Crippen LogP contribution in [0.5, 0.6) is 0 Å². The van der Waals surface area contributed by atoms with Gasteiger partial charge in [-0.3, -0.25) is 4.79 Å². The highest BCUT2D eigenvalue weighted by Crippen LogP contribution is 2.41. The third-order valence-corrected chi connectivity index (χ3v) is 5.60. The highest BCUT2D eigenvalue weighted by atomic mass is 16.5. The Labute approximate surface area is 123 Å². The van der Waals surface area contributed by atoms with Crippen molar-refractivity contribution < 1.29 is 9.53 Å². The Hall–Kier alpha value is -0.570. The second-order valence-corrected chi connectivity index (χ2v) is 7.46. The molecule has 2 saturated carbocycles. The zero-order valence-corrected chi connectivity index (χ0v) is 13.4. The highest BCUT2D eigenvalue weighted by molar-refractivity contribution is 5.77. The smallest absolute Gasteiger partial charge is 0.313 e. The molecule has 3 unspecified atom stereocenters. The van der Waals surface area contributed by atoms with Crippen molar-refractivity contribution in [1.29, 1.82) is 0 Å². The van der Waals surface area contributed by atoms with Crippen molar-refractivity contribution in [2.45, 2.75) is 71.8 Å². The summed E-state index contributed by atoms with van der Waals surface area (Å²) < 4.78 is 5.99. The molecule has 0 amide bonds. The average Bonchev–Trinajstić information content (AvgIpc) is 2.88. The van der Waals surface area contributed by atoms with E-state index in [4.69, 9.17) is 10.5 Å². The zero-order chi connectivity index (χ0) is 14.8. The molecular weight excluding hydrogens is 250 g/mol. The summed E-state index contributed by atoms with van der Waals surface area (Å²) in [4.78, 5) is 12.6. The number of hydrogen-bond acceptors (Lipinski definition) is 3. The van der Waals surface area contributed by atoms with Crippen molar-refractivity contribution >= 4 is 5.97 Å². The monoisotopic (exact) mass is 281 g/mol. The molecule has 2 fully saturated rings. The third-order valence-electron chi connectivity index (χ3n) is 5.60. The quantitative estimate of drug-likeness (QED) is 0.802. The van der Waals surface area contributed by atoms with Crippen LogP contribution in [-0.4, -0.2) is 18.6 Å². The Kier molecular flexibility index (Phi) is 5.11. The van der Waals surface area contributed by atoms with E-state index in [1.165, 1.54) is 12.8 Å². The van der Waals surface area contributed by atoms with Gasteiger partial charge in [-0.2, -0.15) is 0 Å². The van der Waals surface area contributed by atoms with Gasteiger partial charge in [0.05, 0.1) is 5.41 Å². The molecular formula is C17H31NO2. The Morgan fingerprint density at radius 2 is 1.95 bits per heavy atom. The van der Waals surface area contributed by atoms with Crippen molar-refractivity contribution in [1.82, 2.24) is 0 Å². The summed E-state index contributed by atoms with van der Waals surface area (Å²) in [6.07, 6.45) is 7.63. The molecule has 116 valence electrons. The number of nitrogens with two attached hydrogens (primary N) is 1. The molecule has 3 atom stereocenters. The Bertz CT molecular complexity index is 334. The van der Waals surface area contributed by atoms with Gasteiger partial charge < -0.3 is 10.5 Å². The van der Waals surface area contributed by atoms with E-state index in [0.29, 0.717) is 24.3 Å². The number of carbonyl (C=O) groups excluding carboxylic acids is 1. The summed E-state index contributed by atoms with van der Waals surface area (Å²) in [5, 5.41) is 0. The minimum Gasteiger partial charge on any atom is -0.462 e. The first-order valence-electron chi connectivity index (χ1n) is 8.39. The largest absolute Gasteiger partial charge is 0.462 e. The van der Waals surface area contributed by atoms with Crippen LogP contribution in [0.25, 0.3) is 0 Å². The molecule has 0 aromatic rings. The van der Waals surface area contributed by atoms with Gasteiger partial charge in [0, 0.05) is 6.54 Å². The summed E-state index contributed by atoms with van der Waals surface area (Å²) in [5.41, 5.74) is 5.52. The maximum absolute atomic E-state index is 12.6. The van der Waals surface area contributed by atoms with Crippen LogP contribution >= 0.6 is 0 Å². The van der Waals surface area contributed by atoms with Gasteiger partial charge in [0.1, 0.15) is 6.10 Å². The lowest BCUT2D eigenvalue weighted by Gasteiger charge is -2.38. The van der Waals surface area contributed by atoms with Crippen LogP contribution in [0.3, 0.4) is 0 Å². The van der Waals surface area contributed by atoms with E-state index in [1.54, 1.807) is 0 Å². The lowest BCUT2D eigenvalue weighted by Crippen LogP contribution is -2.43. The van der Waals surface area contributed by atoms with E-state index in [0.717, 1.165) is 32.1 Å². The third kappa shape index (κ3) is 3.19. The van der Waals surface area contributed by atoms with Crippen LogP contribution in [0, 0.1) is 23.2 Å². The fourth-order valence-corrected chi connectivity index (χ4v) is 4.06. The van der Waals surface area contributed by atoms with Crippen LogP contribution in [-0.2, 0) is 9.53 Å². The molecule has 0 spiro atoms. The maximum atomic E-state index is 12.6. The molecule has 0 aromatic carbocycles. The van der Waals surface area contributed by atoms with Gasteiger partial charge in [0.2, 0.25) is 0 Å². The van der Waals surface area contributed by atoms with Crippen molar-refractivity contribution in [3.63, 3.8) is 0 Å². The molecule has 0 radical (unpaired) electrons. The van der Waals surface area contributed by atoms with Gasteiger partial charge in [-0.15, -0.1) is 0 Å². The van der Waals surface area contributed by atoms with Crippen LogP contribution in [0.2, 0.25) is 0 Å². The van der Waals surface area contributed by atoms with Crippen molar-refractivity contribution in [3.8, 4) is 0 Å². The number of carbonyl (C=O) groups is 1. The SMILES string of the molecule is CC1CCC(C(C)C)C(OC(=O)C2(CN)CCCC2)C1. The van der Waals surface area contributed by atoms with Gasteiger partial charge in [-0.1, -0.05) is 40.0 Å². The number of hydrogen-bond donors (Lipinski definition) is 1. The molecule has 0 saturated heterocycles. The molecule has 0 bridgehead atoms. The summed E-state index contributed by atoms with van der Waals surface area (Å²) >= 11 is 0. The van der Waals surface area contributed by atoms with Gasteiger partial charge in [0.15, 0.2) is 0 Å². The molecule has 20 heavy (non-hydrogen) atoms. The molecule has 0 heterocycles. The highest BCUT2D eigenvalue weighted by Gasteiger charge is 2.44. The normalized spacial score (nSPS) is 33.4. The summed E-state index contributed by atoms with van der Waals surface area (Å²) in [6, 6.07) is 0. The van der Waals surface area contributed by atoms with E-state index in [1.807, 2.05) is 0 Å². The lowest BCUT2D eigenvalue weighted by molar-refractivity contribution is -0.167. The minimum absolute atomic E-state index is 0.0118. The van der Waals surface area contributed by atoms with E-state index in [9.17, 15) is 4.79 Å². The summed E-state index contributed by atoms with van der Waals surface area (Å²) in [5.74, 6) is 1.76. The Balaban J connectivity index is 2.03. The topological polar surface area (TPSA) is 52.3 Å². The second-order valence-electron chi connectivity index (χ2n) is 7.46. The summed E-state index contributed by atoms with van der Waals surface area (Å²) in [6.45, 7) is 7.21. The van der Waals surface area contributed by atoms with E-state index < -0.39 is 0 Å². The molecule has 2 aliphatic carbocycles. The molecule has 3 heteroatoms. The van der Waals surface area contributed by atoms with Crippen molar-refractivity contribution in [2.24, 2.45) is 28.9 Å². The van der Waals surface area contributed by atoms with Gasteiger partial charge in [-0.05, 0) is 43.4 Å². The molecule has 2 rings (SSSR count). The first kappa shape index (κ1) is 15.8. The molecule has 3 nitrogen and oxygen atoms in total.